The molecular weight excluding hydrogens is 360 g/mol. The van der Waals surface area contributed by atoms with Gasteiger partial charge in [0.05, 0.1) is 10.6 Å². The highest BCUT2D eigenvalue weighted by Gasteiger charge is 2.17. The van der Waals surface area contributed by atoms with Crippen LogP contribution in [0.5, 0.6) is 0 Å². The van der Waals surface area contributed by atoms with Crippen molar-refractivity contribution in [2.24, 2.45) is 7.05 Å². The zero-order valence-electron chi connectivity index (χ0n) is 15.2. The summed E-state index contributed by atoms with van der Waals surface area (Å²) in [6.07, 6.45) is 9.44. The van der Waals surface area contributed by atoms with Crippen molar-refractivity contribution in [3.63, 3.8) is 0 Å². The first-order chi connectivity index (χ1) is 13.0. The molecule has 0 saturated carbocycles. The van der Waals surface area contributed by atoms with E-state index in [-0.39, 0.29) is 6.54 Å². The fourth-order valence-electron chi connectivity index (χ4n) is 3.52. The summed E-state index contributed by atoms with van der Waals surface area (Å²) < 4.78 is 29.9. The minimum Gasteiger partial charge on any atom is -0.268 e. The third kappa shape index (κ3) is 3.79. The molecule has 0 aliphatic heterocycles. The monoisotopic (exact) mass is 382 g/mol. The van der Waals surface area contributed by atoms with Crippen molar-refractivity contribution in [3.8, 4) is 11.3 Å². The van der Waals surface area contributed by atoms with Crippen molar-refractivity contribution in [3.05, 3.63) is 65.6 Å². The molecule has 0 bridgehead atoms. The minimum absolute atomic E-state index is 0.193. The molecule has 0 unspecified atom stereocenters. The number of aromatic nitrogens is 3. The third-order valence-corrected chi connectivity index (χ3v) is 6.41. The number of nitrogens with zero attached hydrogens (tertiary/aromatic N) is 3. The SMILES string of the molecule is Cn1nccc1-c1cncc(CNS(=O)(=O)c2ccc3c(c2)CCCC3)c1. The quantitative estimate of drug-likeness (QED) is 0.736. The number of fused-ring (bicyclic) bond motifs is 1. The van der Waals surface area contributed by atoms with Gasteiger partial charge < -0.3 is 0 Å². The van der Waals surface area contributed by atoms with Gasteiger partial charge in [-0.2, -0.15) is 5.10 Å². The lowest BCUT2D eigenvalue weighted by molar-refractivity contribution is 0.580. The molecule has 1 N–H and O–H groups in total. The number of hydrogen-bond acceptors (Lipinski definition) is 4. The van der Waals surface area contributed by atoms with Crippen LogP contribution < -0.4 is 4.72 Å². The lowest BCUT2D eigenvalue weighted by Crippen LogP contribution is -2.23. The van der Waals surface area contributed by atoms with Crippen LogP contribution in [0.15, 0.2) is 53.8 Å². The van der Waals surface area contributed by atoms with Gasteiger partial charge in [-0.1, -0.05) is 6.07 Å². The summed E-state index contributed by atoms with van der Waals surface area (Å²) in [5.74, 6) is 0. The van der Waals surface area contributed by atoms with Crippen LogP contribution in [-0.4, -0.2) is 23.2 Å². The summed E-state index contributed by atoms with van der Waals surface area (Å²) in [5.41, 5.74) is 5.06. The normalized spacial score (nSPS) is 14.1. The van der Waals surface area contributed by atoms with E-state index in [0.717, 1.165) is 41.6 Å². The molecule has 0 atom stereocenters. The maximum absolute atomic E-state index is 12.7. The van der Waals surface area contributed by atoms with Crippen molar-refractivity contribution in [1.29, 1.82) is 0 Å². The molecule has 0 radical (unpaired) electrons. The van der Waals surface area contributed by atoms with Crippen molar-refractivity contribution >= 4 is 10.0 Å². The van der Waals surface area contributed by atoms with Gasteiger partial charge in [-0.25, -0.2) is 13.1 Å². The van der Waals surface area contributed by atoms with Gasteiger partial charge in [0.2, 0.25) is 10.0 Å². The Hall–Kier alpha value is -2.51. The highest BCUT2D eigenvalue weighted by molar-refractivity contribution is 7.89. The van der Waals surface area contributed by atoms with Crippen molar-refractivity contribution in [2.45, 2.75) is 37.1 Å². The Morgan fingerprint density at radius 3 is 2.67 bits per heavy atom. The first-order valence-corrected chi connectivity index (χ1v) is 10.5. The predicted octanol–water partition coefficient (Wildman–Crippen LogP) is 2.84. The number of pyridine rings is 1. The fraction of sp³-hybridized carbons (Fsp3) is 0.300. The van der Waals surface area contributed by atoms with Gasteiger partial charge in [0.1, 0.15) is 0 Å². The van der Waals surface area contributed by atoms with Crippen LogP contribution in [-0.2, 0) is 36.5 Å². The van der Waals surface area contributed by atoms with Gasteiger partial charge in [0.15, 0.2) is 0 Å². The lowest BCUT2D eigenvalue weighted by atomic mass is 9.92. The number of benzene rings is 1. The van der Waals surface area contributed by atoms with Crippen LogP contribution in [0.3, 0.4) is 0 Å². The Morgan fingerprint density at radius 1 is 1.07 bits per heavy atom. The molecule has 2 aromatic heterocycles. The van der Waals surface area contributed by atoms with Gasteiger partial charge in [0, 0.05) is 37.7 Å². The number of hydrogen-bond donors (Lipinski definition) is 1. The molecule has 0 saturated heterocycles. The first-order valence-electron chi connectivity index (χ1n) is 9.07. The number of sulfonamides is 1. The Morgan fingerprint density at radius 2 is 1.89 bits per heavy atom. The molecule has 27 heavy (non-hydrogen) atoms. The van der Waals surface area contributed by atoms with E-state index in [2.05, 4.69) is 14.8 Å². The molecule has 7 heteroatoms. The number of aryl methyl sites for hydroxylation is 3. The van der Waals surface area contributed by atoms with Crippen LogP contribution in [0.4, 0.5) is 0 Å². The third-order valence-electron chi connectivity index (χ3n) is 5.01. The van der Waals surface area contributed by atoms with Crippen LogP contribution >= 0.6 is 0 Å². The van der Waals surface area contributed by atoms with E-state index in [1.54, 1.807) is 29.3 Å². The van der Waals surface area contributed by atoms with Gasteiger partial charge in [0.25, 0.3) is 0 Å². The van der Waals surface area contributed by atoms with E-state index in [0.29, 0.717) is 4.90 Å². The summed E-state index contributed by atoms with van der Waals surface area (Å²) in [6, 6.07) is 9.31. The summed E-state index contributed by atoms with van der Waals surface area (Å²) in [4.78, 5) is 4.57. The minimum atomic E-state index is -3.56. The van der Waals surface area contributed by atoms with Crippen molar-refractivity contribution in [2.75, 3.05) is 0 Å². The zero-order chi connectivity index (χ0) is 18.9. The van der Waals surface area contributed by atoms with Crippen LogP contribution in [0.1, 0.15) is 29.5 Å². The van der Waals surface area contributed by atoms with Crippen LogP contribution in [0.25, 0.3) is 11.3 Å². The Balaban J connectivity index is 1.52. The molecule has 3 aromatic rings. The second-order valence-corrected chi connectivity index (χ2v) is 8.65. The van der Waals surface area contributed by atoms with Crippen LogP contribution in [0.2, 0.25) is 0 Å². The second kappa shape index (κ2) is 7.25. The van der Waals surface area contributed by atoms with Crippen molar-refractivity contribution in [1.82, 2.24) is 19.5 Å². The maximum Gasteiger partial charge on any atom is 0.240 e. The Kier molecular flexibility index (Phi) is 4.80. The Labute approximate surface area is 159 Å². The Bertz CT molecular complexity index is 1070. The molecule has 2 heterocycles. The van der Waals surface area contributed by atoms with E-state index < -0.39 is 10.0 Å². The molecule has 6 nitrogen and oxygen atoms in total. The summed E-state index contributed by atoms with van der Waals surface area (Å²) in [7, 11) is -1.70. The molecule has 0 fully saturated rings. The second-order valence-electron chi connectivity index (χ2n) is 6.88. The predicted molar refractivity (Wildman–Crippen MR) is 104 cm³/mol. The summed E-state index contributed by atoms with van der Waals surface area (Å²) >= 11 is 0. The van der Waals surface area contributed by atoms with E-state index in [1.165, 1.54) is 12.0 Å². The van der Waals surface area contributed by atoms with E-state index >= 15 is 0 Å². The molecule has 1 aliphatic rings. The maximum atomic E-state index is 12.7. The fourth-order valence-corrected chi connectivity index (χ4v) is 4.59. The average molecular weight is 382 g/mol. The van der Waals surface area contributed by atoms with Gasteiger partial charge in [-0.05, 0) is 66.6 Å². The topological polar surface area (TPSA) is 76.9 Å². The van der Waals surface area contributed by atoms with Gasteiger partial charge >= 0.3 is 0 Å². The first kappa shape index (κ1) is 17.9. The molecule has 4 rings (SSSR count). The van der Waals surface area contributed by atoms with E-state index in [1.807, 2.05) is 31.3 Å². The zero-order valence-corrected chi connectivity index (χ0v) is 16.0. The van der Waals surface area contributed by atoms with Gasteiger partial charge in [-0.15, -0.1) is 0 Å². The molecule has 1 aromatic carbocycles. The molecular formula is C20H22N4O2S. The van der Waals surface area contributed by atoms with E-state index in [9.17, 15) is 8.42 Å². The highest BCUT2D eigenvalue weighted by Crippen LogP contribution is 2.24. The van der Waals surface area contributed by atoms with E-state index in [4.69, 9.17) is 0 Å². The largest absolute Gasteiger partial charge is 0.268 e. The van der Waals surface area contributed by atoms with Crippen LogP contribution in [0, 0.1) is 0 Å². The standard InChI is InChI=1S/C20H22N4O2S/c1-24-20(8-9-22-24)18-10-15(12-21-14-18)13-23-27(25,26)19-7-6-16-4-2-3-5-17(16)11-19/h6-12,14,23H,2-5,13H2,1H3. The number of rotatable bonds is 5. The number of nitrogens with one attached hydrogen (secondary N) is 1. The summed E-state index contributed by atoms with van der Waals surface area (Å²) in [5, 5.41) is 4.16. The smallest absolute Gasteiger partial charge is 0.240 e. The average Bonchev–Trinajstić information content (AvgIpc) is 3.12. The summed E-state index contributed by atoms with van der Waals surface area (Å²) in [6.45, 7) is 0.193. The lowest BCUT2D eigenvalue weighted by Gasteiger charge is -2.16. The molecule has 0 spiro atoms. The van der Waals surface area contributed by atoms with Gasteiger partial charge in [-0.3, -0.25) is 9.67 Å². The molecule has 1 aliphatic carbocycles. The van der Waals surface area contributed by atoms with Crippen molar-refractivity contribution < 1.29 is 8.42 Å². The highest BCUT2D eigenvalue weighted by atomic mass is 32.2. The molecule has 140 valence electrons. The molecule has 0 amide bonds.